The van der Waals surface area contributed by atoms with E-state index in [9.17, 15) is 9.59 Å². The van der Waals surface area contributed by atoms with Crippen LogP contribution >= 0.6 is 0 Å². The summed E-state index contributed by atoms with van der Waals surface area (Å²) in [6.45, 7) is 3.38. The molecule has 0 aliphatic carbocycles. The number of Topliss-reactive ketones (excluding diaryl/α,β-unsaturated/α-hetero) is 1. The molecule has 1 aromatic rings. The third-order valence-electron chi connectivity index (χ3n) is 3.45. The zero-order valence-corrected chi connectivity index (χ0v) is 11.2. The van der Waals surface area contributed by atoms with Crippen LogP contribution in [0.1, 0.15) is 30.1 Å². The Bertz CT molecular complexity index is 436. The first kappa shape index (κ1) is 13.6. The van der Waals surface area contributed by atoms with E-state index in [1.807, 2.05) is 30.3 Å². The van der Waals surface area contributed by atoms with Crippen molar-refractivity contribution in [2.75, 3.05) is 19.7 Å². The lowest BCUT2D eigenvalue weighted by molar-refractivity contribution is 0.0753. The van der Waals surface area contributed by atoms with Crippen LogP contribution < -0.4 is 0 Å². The van der Waals surface area contributed by atoms with Gasteiger partial charge in [0, 0.05) is 24.6 Å². The molecule has 4 heteroatoms. The van der Waals surface area contributed by atoms with E-state index in [0.717, 1.165) is 5.56 Å². The maximum absolute atomic E-state index is 12.3. The van der Waals surface area contributed by atoms with Gasteiger partial charge in [0.05, 0.1) is 6.61 Å². The van der Waals surface area contributed by atoms with Crippen molar-refractivity contribution in [3.8, 4) is 0 Å². The first-order valence-corrected chi connectivity index (χ1v) is 6.73. The minimum Gasteiger partial charge on any atom is -0.450 e. The van der Waals surface area contributed by atoms with Crippen molar-refractivity contribution in [2.24, 2.45) is 5.92 Å². The molecule has 19 heavy (non-hydrogen) atoms. The maximum atomic E-state index is 12.3. The molecule has 0 saturated carbocycles. The van der Waals surface area contributed by atoms with Crippen molar-refractivity contribution in [1.82, 2.24) is 4.90 Å². The molecular formula is C15H19NO3. The lowest BCUT2D eigenvalue weighted by atomic mass is 9.89. The van der Waals surface area contributed by atoms with Crippen LogP contribution in [0.2, 0.25) is 0 Å². The Labute approximate surface area is 113 Å². The number of hydrogen-bond acceptors (Lipinski definition) is 3. The van der Waals surface area contributed by atoms with Crippen molar-refractivity contribution >= 4 is 11.9 Å². The predicted octanol–water partition coefficient (Wildman–Crippen LogP) is 2.74. The molecular weight excluding hydrogens is 242 g/mol. The molecule has 0 spiro atoms. The Hall–Kier alpha value is -1.84. The van der Waals surface area contributed by atoms with Gasteiger partial charge in [-0.15, -0.1) is 0 Å². The van der Waals surface area contributed by atoms with Crippen LogP contribution in [0.25, 0.3) is 0 Å². The zero-order valence-electron chi connectivity index (χ0n) is 11.2. The van der Waals surface area contributed by atoms with Gasteiger partial charge in [-0.2, -0.15) is 0 Å². The molecule has 4 nitrogen and oxygen atoms in total. The standard InChI is InChI=1S/C15H19NO3/c1-2-19-15(18)16-10-8-13(9-11-16)14(17)12-6-4-3-5-7-12/h3-7,13H,2,8-11H2,1H3. The normalized spacial score (nSPS) is 16.2. The highest BCUT2D eigenvalue weighted by atomic mass is 16.6. The molecule has 0 bridgehead atoms. The van der Waals surface area contributed by atoms with Gasteiger partial charge in [-0.25, -0.2) is 4.79 Å². The highest BCUT2D eigenvalue weighted by Gasteiger charge is 2.28. The molecule has 1 aromatic carbocycles. The SMILES string of the molecule is CCOC(=O)N1CCC(C(=O)c2ccccc2)CC1. The maximum Gasteiger partial charge on any atom is 0.409 e. The van der Waals surface area contributed by atoms with Crippen molar-refractivity contribution in [1.29, 1.82) is 0 Å². The number of hydrogen-bond donors (Lipinski definition) is 0. The van der Waals surface area contributed by atoms with Crippen LogP contribution in [0.4, 0.5) is 4.79 Å². The molecule has 2 rings (SSSR count). The summed E-state index contributed by atoms with van der Waals surface area (Å²) < 4.78 is 4.96. The molecule has 1 fully saturated rings. The monoisotopic (exact) mass is 261 g/mol. The largest absolute Gasteiger partial charge is 0.450 e. The molecule has 1 saturated heterocycles. The number of carbonyl (C=O) groups is 2. The molecule has 1 aliphatic rings. The minimum atomic E-state index is -0.270. The molecule has 0 unspecified atom stereocenters. The summed E-state index contributed by atoms with van der Waals surface area (Å²) in [6, 6.07) is 9.35. The highest BCUT2D eigenvalue weighted by molar-refractivity contribution is 5.97. The third kappa shape index (κ3) is 3.34. The highest BCUT2D eigenvalue weighted by Crippen LogP contribution is 2.22. The number of benzene rings is 1. The molecule has 0 N–H and O–H groups in total. The van der Waals surface area contributed by atoms with Crippen LogP contribution in [0.5, 0.6) is 0 Å². The van der Waals surface area contributed by atoms with Crippen LogP contribution in [0, 0.1) is 5.92 Å². The minimum absolute atomic E-state index is 0.0214. The van der Waals surface area contributed by atoms with Crippen LogP contribution in [-0.2, 0) is 4.74 Å². The van der Waals surface area contributed by atoms with Gasteiger partial charge in [0.15, 0.2) is 5.78 Å². The van der Waals surface area contributed by atoms with Crippen molar-refractivity contribution in [3.63, 3.8) is 0 Å². The van der Waals surface area contributed by atoms with Crippen molar-refractivity contribution in [3.05, 3.63) is 35.9 Å². The Morgan fingerprint density at radius 2 is 1.84 bits per heavy atom. The summed E-state index contributed by atoms with van der Waals surface area (Å²) in [4.78, 5) is 25.5. The van der Waals surface area contributed by atoms with Crippen LogP contribution in [0.15, 0.2) is 30.3 Å². The summed E-state index contributed by atoms with van der Waals surface area (Å²) in [5.41, 5.74) is 0.761. The van der Waals surface area contributed by atoms with Gasteiger partial charge in [0.1, 0.15) is 0 Å². The fourth-order valence-corrected chi connectivity index (χ4v) is 2.38. The third-order valence-corrected chi connectivity index (χ3v) is 3.45. The number of ether oxygens (including phenoxy) is 1. The van der Waals surface area contributed by atoms with E-state index in [0.29, 0.717) is 32.5 Å². The van der Waals surface area contributed by atoms with E-state index in [1.54, 1.807) is 11.8 Å². The second-order valence-electron chi connectivity index (χ2n) is 4.69. The quantitative estimate of drug-likeness (QED) is 0.786. The Morgan fingerprint density at radius 1 is 1.21 bits per heavy atom. The summed E-state index contributed by atoms with van der Waals surface area (Å²) in [6.07, 6.45) is 1.16. The predicted molar refractivity (Wildman–Crippen MR) is 72.1 cm³/mol. The fraction of sp³-hybridized carbons (Fsp3) is 0.467. The van der Waals surface area contributed by atoms with E-state index in [4.69, 9.17) is 4.74 Å². The number of rotatable bonds is 3. The average molecular weight is 261 g/mol. The topological polar surface area (TPSA) is 46.6 Å². The average Bonchev–Trinajstić information content (AvgIpc) is 2.48. The van der Waals surface area contributed by atoms with E-state index >= 15 is 0 Å². The molecule has 1 aliphatic heterocycles. The van der Waals surface area contributed by atoms with Gasteiger partial charge < -0.3 is 9.64 Å². The van der Waals surface area contributed by atoms with Gasteiger partial charge >= 0.3 is 6.09 Å². The fourth-order valence-electron chi connectivity index (χ4n) is 2.38. The van der Waals surface area contributed by atoms with Crippen molar-refractivity contribution < 1.29 is 14.3 Å². The molecule has 0 atom stereocenters. The first-order valence-electron chi connectivity index (χ1n) is 6.73. The summed E-state index contributed by atoms with van der Waals surface area (Å²) >= 11 is 0. The smallest absolute Gasteiger partial charge is 0.409 e. The van der Waals surface area contributed by atoms with E-state index in [-0.39, 0.29) is 17.8 Å². The Morgan fingerprint density at radius 3 is 2.42 bits per heavy atom. The number of nitrogens with zero attached hydrogens (tertiary/aromatic N) is 1. The first-order chi connectivity index (χ1) is 9.22. The lowest BCUT2D eigenvalue weighted by Gasteiger charge is -2.30. The van der Waals surface area contributed by atoms with Crippen molar-refractivity contribution in [2.45, 2.75) is 19.8 Å². The number of ketones is 1. The molecule has 0 radical (unpaired) electrons. The Balaban J connectivity index is 1.90. The van der Waals surface area contributed by atoms with E-state index in [1.165, 1.54) is 0 Å². The van der Waals surface area contributed by atoms with E-state index < -0.39 is 0 Å². The van der Waals surface area contributed by atoms with Gasteiger partial charge in [0.25, 0.3) is 0 Å². The molecule has 102 valence electrons. The second-order valence-corrected chi connectivity index (χ2v) is 4.69. The van der Waals surface area contributed by atoms with Gasteiger partial charge in [-0.05, 0) is 19.8 Å². The summed E-state index contributed by atoms with van der Waals surface area (Å²) in [5, 5.41) is 0. The molecule has 1 amide bonds. The lowest BCUT2D eigenvalue weighted by Crippen LogP contribution is -2.40. The Kier molecular flexibility index (Phi) is 4.55. The number of likely N-dealkylation sites (tertiary alicyclic amines) is 1. The van der Waals surface area contributed by atoms with Crippen LogP contribution in [0.3, 0.4) is 0 Å². The summed E-state index contributed by atoms with van der Waals surface area (Å²) in [5.74, 6) is 0.206. The van der Waals surface area contributed by atoms with Gasteiger partial charge in [0.2, 0.25) is 0 Å². The molecule has 0 aromatic heterocycles. The van der Waals surface area contributed by atoms with E-state index in [2.05, 4.69) is 0 Å². The number of amides is 1. The number of carbonyl (C=O) groups excluding carboxylic acids is 2. The van der Waals surface area contributed by atoms with Crippen LogP contribution in [-0.4, -0.2) is 36.5 Å². The van der Waals surface area contributed by atoms with Gasteiger partial charge in [-0.3, -0.25) is 4.79 Å². The second kappa shape index (κ2) is 6.36. The molecule has 1 heterocycles. The number of piperidine rings is 1. The zero-order chi connectivity index (χ0) is 13.7. The summed E-state index contributed by atoms with van der Waals surface area (Å²) in [7, 11) is 0. The van der Waals surface area contributed by atoms with Gasteiger partial charge in [-0.1, -0.05) is 30.3 Å².